The molecule has 2 rings (SSSR count). The summed E-state index contributed by atoms with van der Waals surface area (Å²) in [6, 6.07) is 10.1. The lowest BCUT2D eigenvalue weighted by atomic mass is 9.81. The van der Waals surface area contributed by atoms with Crippen molar-refractivity contribution < 1.29 is 5.11 Å². The summed E-state index contributed by atoms with van der Waals surface area (Å²) in [7, 11) is 0. The van der Waals surface area contributed by atoms with Crippen molar-refractivity contribution in [2.75, 3.05) is 6.54 Å². The van der Waals surface area contributed by atoms with Crippen LogP contribution in [-0.2, 0) is 5.60 Å². The van der Waals surface area contributed by atoms with E-state index in [-0.39, 0.29) is 6.04 Å². The zero-order chi connectivity index (χ0) is 10.0. The molecule has 2 N–H and O–H groups in total. The third-order valence-electron chi connectivity index (χ3n) is 3.18. The van der Waals surface area contributed by atoms with Gasteiger partial charge in [0.15, 0.2) is 0 Å². The molecule has 2 atom stereocenters. The van der Waals surface area contributed by atoms with Crippen molar-refractivity contribution in [3.63, 3.8) is 0 Å². The number of nitrogens with one attached hydrogen (secondary N) is 1. The lowest BCUT2D eigenvalue weighted by molar-refractivity contribution is -0.0226. The highest BCUT2D eigenvalue weighted by molar-refractivity contribution is 5.24. The first-order chi connectivity index (χ1) is 6.73. The minimum atomic E-state index is -0.681. The Morgan fingerprint density at radius 3 is 2.71 bits per heavy atom. The largest absolute Gasteiger partial charge is 0.384 e. The van der Waals surface area contributed by atoms with Gasteiger partial charge in [-0.2, -0.15) is 0 Å². The number of aliphatic hydroxyl groups is 1. The zero-order valence-electron chi connectivity index (χ0n) is 8.53. The van der Waals surface area contributed by atoms with Crippen LogP contribution in [0.5, 0.6) is 0 Å². The number of piperidine rings is 1. The fraction of sp³-hybridized carbons (Fsp3) is 0.500. The van der Waals surface area contributed by atoms with Crippen LogP contribution in [0.1, 0.15) is 25.3 Å². The minimum absolute atomic E-state index is 0.138. The van der Waals surface area contributed by atoms with Crippen LogP contribution < -0.4 is 5.32 Å². The summed E-state index contributed by atoms with van der Waals surface area (Å²) < 4.78 is 0. The maximum absolute atomic E-state index is 10.5. The van der Waals surface area contributed by atoms with Crippen molar-refractivity contribution in [2.45, 2.75) is 31.4 Å². The standard InChI is InChI=1S/C12H17NO/c1-10-12(14,8-5-9-13-10)11-6-3-2-4-7-11/h2-4,6-7,10,13-14H,5,8-9H2,1H3/t10-,12-/m0/s1. The van der Waals surface area contributed by atoms with Gasteiger partial charge in [-0.15, -0.1) is 0 Å². The summed E-state index contributed by atoms with van der Waals surface area (Å²) >= 11 is 0. The van der Waals surface area contributed by atoms with Gasteiger partial charge < -0.3 is 10.4 Å². The quantitative estimate of drug-likeness (QED) is 0.707. The lowest BCUT2D eigenvalue weighted by Gasteiger charge is -2.39. The molecule has 0 aromatic heterocycles. The van der Waals surface area contributed by atoms with Gasteiger partial charge in [-0.3, -0.25) is 0 Å². The molecule has 1 aromatic rings. The van der Waals surface area contributed by atoms with E-state index in [2.05, 4.69) is 5.32 Å². The molecule has 2 heteroatoms. The molecule has 0 aliphatic carbocycles. The summed E-state index contributed by atoms with van der Waals surface area (Å²) in [6.45, 7) is 3.06. The van der Waals surface area contributed by atoms with E-state index in [1.807, 2.05) is 37.3 Å². The molecule has 0 amide bonds. The second kappa shape index (κ2) is 3.71. The molecule has 2 nitrogen and oxygen atoms in total. The van der Waals surface area contributed by atoms with Crippen LogP contribution in [-0.4, -0.2) is 17.7 Å². The third-order valence-corrected chi connectivity index (χ3v) is 3.18. The van der Waals surface area contributed by atoms with Gasteiger partial charge >= 0.3 is 0 Å². The molecule has 14 heavy (non-hydrogen) atoms. The van der Waals surface area contributed by atoms with Gasteiger partial charge in [0.05, 0.1) is 0 Å². The lowest BCUT2D eigenvalue weighted by Crippen LogP contribution is -2.50. The van der Waals surface area contributed by atoms with E-state index in [0.717, 1.165) is 24.9 Å². The Morgan fingerprint density at radius 1 is 1.36 bits per heavy atom. The first kappa shape index (κ1) is 9.69. The second-order valence-electron chi connectivity index (χ2n) is 4.07. The Morgan fingerprint density at radius 2 is 2.07 bits per heavy atom. The normalized spacial score (nSPS) is 32.9. The number of hydrogen-bond donors (Lipinski definition) is 2. The molecule has 1 aromatic carbocycles. The average molecular weight is 191 g/mol. The molecule has 0 unspecified atom stereocenters. The van der Waals surface area contributed by atoms with Crippen molar-refractivity contribution in [1.82, 2.24) is 5.32 Å². The summed E-state index contributed by atoms with van der Waals surface area (Å²) in [4.78, 5) is 0. The average Bonchev–Trinajstić information content (AvgIpc) is 2.24. The van der Waals surface area contributed by atoms with Crippen molar-refractivity contribution in [3.05, 3.63) is 35.9 Å². The molecule has 1 saturated heterocycles. The van der Waals surface area contributed by atoms with Crippen LogP contribution in [0.15, 0.2) is 30.3 Å². The van der Waals surface area contributed by atoms with Crippen molar-refractivity contribution in [3.8, 4) is 0 Å². The fourth-order valence-corrected chi connectivity index (χ4v) is 2.18. The van der Waals surface area contributed by atoms with Gasteiger partial charge in [-0.1, -0.05) is 30.3 Å². The van der Waals surface area contributed by atoms with Crippen LogP contribution in [0.2, 0.25) is 0 Å². The minimum Gasteiger partial charge on any atom is -0.384 e. The Labute approximate surface area is 85.0 Å². The summed E-state index contributed by atoms with van der Waals surface area (Å²) in [5.74, 6) is 0. The van der Waals surface area contributed by atoms with E-state index in [1.54, 1.807) is 0 Å². The SMILES string of the molecule is C[C@@H]1NCCC[C@@]1(O)c1ccccc1. The first-order valence-electron chi connectivity index (χ1n) is 5.25. The molecule has 0 radical (unpaired) electrons. The Bertz CT molecular complexity index is 298. The molecule has 0 bridgehead atoms. The van der Waals surface area contributed by atoms with Gasteiger partial charge in [0, 0.05) is 6.04 Å². The topological polar surface area (TPSA) is 32.3 Å². The van der Waals surface area contributed by atoms with E-state index in [9.17, 15) is 5.11 Å². The fourth-order valence-electron chi connectivity index (χ4n) is 2.18. The molecule has 1 aliphatic heterocycles. The number of hydrogen-bond acceptors (Lipinski definition) is 2. The van der Waals surface area contributed by atoms with E-state index >= 15 is 0 Å². The molecular weight excluding hydrogens is 174 g/mol. The van der Waals surface area contributed by atoms with Crippen molar-refractivity contribution in [1.29, 1.82) is 0 Å². The van der Waals surface area contributed by atoms with Crippen LogP contribution in [0.3, 0.4) is 0 Å². The molecule has 76 valence electrons. The predicted octanol–water partition coefficient (Wildman–Crippen LogP) is 1.65. The highest BCUT2D eigenvalue weighted by Crippen LogP contribution is 2.32. The van der Waals surface area contributed by atoms with E-state index in [4.69, 9.17) is 0 Å². The van der Waals surface area contributed by atoms with E-state index in [0.29, 0.717) is 0 Å². The highest BCUT2D eigenvalue weighted by Gasteiger charge is 2.37. The van der Waals surface area contributed by atoms with Crippen LogP contribution in [0, 0.1) is 0 Å². The zero-order valence-corrected chi connectivity index (χ0v) is 8.53. The molecule has 1 fully saturated rings. The Balaban J connectivity index is 2.30. The molecule has 0 spiro atoms. The first-order valence-corrected chi connectivity index (χ1v) is 5.25. The van der Waals surface area contributed by atoms with Crippen LogP contribution >= 0.6 is 0 Å². The van der Waals surface area contributed by atoms with Crippen LogP contribution in [0.25, 0.3) is 0 Å². The monoisotopic (exact) mass is 191 g/mol. The van der Waals surface area contributed by atoms with Gasteiger partial charge in [0.25, 0.3) is 0 Å². The second-order valence-corrected chi connectivity index (χ2v) is 4.07. The molecule has 1 aliphatic rings. The van der Waals surface area contributed by atoms with E-state index in [1.165, 1.54) is 0 Å². The van der Waals surface area contributed by atoms with Gasteiger partial charge in [0.1, 0.15) is 5.60 Å². The van der Waals surface area contributed by atoms with E-state index < -0.39 is 5.60 Å². The third kappa shape index (κ3) is 1.56. The Kier molecular flexibility index (Phi) is 2.57. The molecule has 1 heterocycles. The van der Waals surface area contributed by atoms with Gasteiger partial charge in [-0.25, -0.2) is 0 Å². The van der Waals surface area contributed by atoms with Crippen molar-refractivity contribution in [2.24, 2.45) is 0 Å². The summed E-state index contributed by atoms with van der Waals surface area (Å²) in [5.41, 5.74) is 0.346. The summed E-state index contributed by atoms with van der Waals surface area (Å²) in [5, 5.41) is 13.9. The highest BCUT2D eigenvalue weighted by atomic mass is 16.3. The Hall–Kier alpha value is -0.860. The maximum atomic E-state index is 10.5. The predicted molar refractivity (Wildman–Crippen MR) is 57.0 cm³/mol. The molecule has 0 saturated carbocycles. The summed E-state index contributed by atoms with van der Waals surface area (Å²) in [6.07, 6.45) is 1.89. The molecular formula is C12H17NO. The smallest absolute Gasteiger partial charge is 0.105 e. The van der Waals surface area contributed by atoms with Gasteiger partial charge in [0.2, 0.25) is 0 Å². The van der Waals surface area contributed by atoms with Gasteiger partial charge in [-0.05, 0) is 31.9 Å². The number of benzene rings is 1. The van der Waals surface area contributed by atoms with Crippen LogP contribution in [0.4, 0.5) is 0 Å². The van der Waals surface area contributed by atoms with Crippen molar-refractivity contribution >= 4 is 0 Å². The maximum Gasteiger partial charge on any atom is 0.105 e. The number of rotatable bonds is 1.